The van der Waals surface area contributed by atoms with E-state index in [1.54, 1.807) is 30.3 Å². The minimum absolute atomic E-state index is 0.0644. The Morgan fingerprint density at radius 2 is 1.70 bits per heavy atom. The van der Waals surface area contributed by atoms with Gasteiger partial charge in [0.1, 0.15) is 5.56 Å². The van der Waals surface area contributed by atoms with Gasteiger partial charge in [-0.3, -0.25) is 9.59 Å². The van der Waals surface area contributed by atoms with E-state index in [-0.39, 0.29) is 11.0 Å². The number of anilines is 1. The van der Waals surface area contributed by atoms with Crippen LogP contribution in [0.1, 0.15) is 10.4 Å². The van der Waals surface area contributed by atoms with Crippen molar-refractivity contribution in [2.45, 2.75) is 0 Å². The third-order valence-corrected chi connectivity index (χ3v) is 4.58. The summed E-state index contributed by atoms with van der Waals surface area (Å²) in [6, 6.07) is 21.9. The lowest BCUT2D eigenvalue weighted by molar-refractivity contribution is 0.102. The van der Waals surface area contributed by atoms with Crippen LogP contribution in [0.5, 0.6) is 0 Å². The first-order valence-electron chi connectivity index (χ1n) is 8.40. The van der Waals surface area contributed by atoms with Gasteiger partial charge in [0.05, 0.1) is 0 Å². The van der Waals surface area contributed by atoms with Gasteiger partial charge in [-0.15, -0.1) is 0 Å². The molecular weight excluding hydrogens is 360 g/mol. The van der Waals surface area contributed by atoms with E-state index in [4.69, 9.17) is 11.6 Å². The Hall–Kier alpha value is -3.37. The summed E-state index contributed by atoms with van der Waals surface area (Å²) >= 11 is 6.09. The molecule has 5 heteroatoms. The van der Waals surface area contributed by atoms with Gasteiger partial charge in [-0.1, -0.05) is 54.1 Å². The van der Waals surface area contributed by atoms with Gasteiger partial charge in [-0.25, -0.2) is 0 Å². The highest BCUT2D eigenvalue weighted by atomic mass is 35.5. The molecule has 0 aliphatic heterocycles. The average Bonchev–Trinajstić information content (AvgIpc) is 2.69. The third-order valence-electron chi connectivity index (χ3n) is 4.34. The van der Waals surface area contributed by atoms with E-state index < -0.39 is 5.91 Å². The first kappa shape index (κ1) is 17.1. The molecule has 0 spiro atoms. The number of halogens is 1. The van der Waals surface area contributed by atoms with Crippen molar-refractivity contribution in [1.29, 1.82) is 0 Å². The standard InChI is InChI=1S/C22H15ClN2O2/c23-15-7-5-6-14(12-15)16-8-1-4-11-20(16)25-22(27)18-13-24-19-10-3-2-9-17(19)21(18)26/h1-13H,(H,24,26)(H,25,27). The van der Waals surface area contributed by atoms with Crippen molar-refractivity contribution >= 4 is 34.1 Å². The molecule has 4 aromatic rings. The van der Waals surface area contributed by atoms with Gasteiger partial charge in [0.15, 0.2) is 0 Å². The van der Waals surface area contributed by atoms with Crippen LogP contribution in [0.4, 0.5) is 5.69 Å². The zero-order chi connectivity index (χ0) is 18.8. The van der Waals surface area contributed by atoms with Gasteiger partial charge in [0.25, 0.3) is 5.91 Å². The van der Waals surface area contributed by atoms with Gasteiger partial charge < -0.3 is 10.3 Å². The van der Waals surface area contributed by atoms with Crippen molar-refractivity contribution in [1.82, 2.24) is 4.98 Å². The number of aromatic amines is 1. The van der Waals surface area contributed by atoms with Crippen LogP contribution in [0.25, 0.3) is 22.0 Å². The lowest BCUT2D eigenvalue weighted by atomic mass is 10.0. The molecule has 0 unspecified atom stereocenters. The Labute approximate surface area is 160 Å². The van der Waals surface area contributed by atoms with Crippen LogP contribution >= 0.6 is 11.6 Å². The molecule has 4 nitrogen and oxygen atoms in total. The molecule has 4 rings (SSSR count). The van der Waals surface area contributed by atoms with Crippen molar-refractivity contribution in [3.05, 3.63) is 99.8 Å². The summed E-state index contributed by atoms with van der Waals surface area (Å²) in [7, 11) is 0. The van der Waals surface area contributed by atoms with Gasteiger partial charge in [0, 0.05) is 33.4 Å². The van der Waals surface area contributed by atoms with Crippen molar-refractivity contribution in [2.75, 3.05) is 5.32 Å². The summed E-state index contributed by atoms with van der Waals surface area (Å²) in [6.45, 7) is 0. The summed E-state index contributed by atoms with van der Waals surface area (Å²) < 4.78 is 0. The number of fused-ring (bicyclic) bond motifs is 1. The Balaban J connectivity index is 1.73. The predicted octanol–water partition coefficient (Wildman–Crippen LogP) is 5.10. The highest BCUT2D eigenvalue weighted by Gasteiger charge is 2.15. The lowest BCUT2D eigenvalue weighted by Gasteiger charge is -2.12. The second kappa shape index (κ2) is 7.09. The Bertz CT molecular complexity index is 1210. The van der Waals surface area contributed by atoms with Crippen molar-refractivity contribution in [2.24, 2.45) is 0 Å². The van der Waals surface area contributed by atoms with Crippen molar-refractivity contribution in [3.63, 3.8) is 0 Å². The molecule has 1 amide bonds. The van der Waals surface area contributed by atoms with E-state index in [1.165, 1.54) is 6.20 Å². The number of carbonyl (C=O) groups excluding carboxylic acids is 1. The zero-order valence-electron chi connectivity index (χ0n) is 14.2. The fourth-order valence-electron chi connectivity index (χ4n) is 3.03. The van der Waals surface area contributed by atoms with Crippen LogP contribution in [0, 0.1) is 0 Å². The largest absolute Gasteiger partial charge is 0.360 e. The number of benzene rings is 3. The SMILES string of the molecule is O=C(Nc1ccccc1-c1cccc(Cl)c1)c1c[nH]c2ccccc2c1=O. The maximum Gasteiger partial charge on any atom is 0.261 e. The van der Waals surface area contributed by atoms with Gasteiger partial charge in [-0.2, -0.15) is 0 Å². The maximum absolute atomic E-state index is 12.8. The lowest BCUT2D eigenvalue weighted by Crippen LogP contribution is -2.22. The van der Waals surface area contributed by atoms with Crippen LogP contribution in [0.3, 0.4) is 0 Å². The number of amides is 1. The van der Waals surface area contributed by atoms with E-state index in [1.807, 2.05) is 42.5 Å². The molecule has 2 N–H and O–H groups in total. The number of aromatic nitrogens is 1. The van der Waals surface area contributed by atoms with Gasteiger partial charge in [-0.05, 0) is 35.9 Å². The molecule has 0 aliphatic carbocycles. The van der Waals surface area contributed by atoms with Crippen LogP contribution < -0.4 is 10.7 Å². The monoisotopic (exact) mass is 374 g/mol. The predicted molar refractivity (Wildman–Crippen MR) is 109 cm³/mol. The van der Waals surface area contributed by atoms with Crippen molar-refractivity contribution < 1.29 is 4.79 Å². The Kier molecular flexibility index (Phi) is 4.48. The molecule has 0 fully saturated rings. The van der Waals surface area contributed by atoms with Crippen molar-refractivity contribution in [3.8, 4) is 11.1 Å². The number of pyridine rings is 1. The molecule has 1 aromatic heterocycles. The summed E-state index contributed by atoms with van der Waals surface area (Å²) in [5.41, 5.74) is 2.77. The normalized spacial score (nSPS) is 10.7. The van der Waals surface area contributed by atoms with E-state index in [9.17, 15) is 9.59 Å². The number of H-pyrrole nitrogens is 1. The third kappa shape index (κ3) is 3.35. The molecule has 1 heterocycles. The smallest absolute Gasteiger partial charge is 0.261 e. The van der Waals surface area contributed by atoms with Crippen LogP contribution in [-0.4, -0.2) is 10.9 Å². The molecule has 0 atom stereocenters. The fourth-order valence-corrected chi connectivity index (χ4v) is 3.22. The molecule has 132 valence electrons. The first-order chi connectivity index (χ1) is 13.1. The second-order valence-electron chi connectivity index (χ2n) is 6.09. The molecule has 3 aromatic carbocycles. The van der Waals surface area contributed by atoms with Crippen LogP contribution in [-0.2, 0) is 0 Å². The quantitative estimate of drug-likeness (QED) is 0.524. The summed E-state index contributed by atoms with van der Waals surface area (Å²) in [4.78, 5) is 28.4. The number of rotatable bonds is 3. The number of hydrogen-bond acceptors (Lipinski definition) is 2. The molecule has 0 saturated heterocycles. The van der Waals surface area contributed by atoms with E-state index in [0.717, 1.165) is 11.1 Å². The van der Waals surface area contributed by atoms with Gasteiger partial charge >= 0.3 is 0 Å². The molecule has 0 bridgehead atoms. The topological polar surface area (TPSA) is 62.0 Å². The zero-order valence-corrected chi connectivity index (χ0v) is 15.0. The number of nitrogens with one attached hydrogen (secondary N) is 2. The fraction of sp³-hybridized carbons (Fsp3) is 0. The summed E-state index contributed by atoms with van der Waals surface area (Å²) in [5, 5.41) is 3.94. The highest BCUT2D eigenvalue weighted by molar-refractivity contribution is 6.30. The second-order valence-corrected chi connectivity index (χ2v) is 6.52. The average molecular weight is 375 g/mol. The molecular formula is C22H15ClN2O2. The number of para-hydroxylation sites is 2. The Morgan fingerprint density at radius 1 is 0.926 bits per heavy atom. The minimum Gasteiger partial charge on any atom is -0.360 e. The molecule has 0 aliphatic rings. The molecule has 27 heavy (non-hydrogen) atoms. The first-order valence-corrected chi connectivity index (χ1v) is 8.78. The van der Waals surface area contributed by atoms with Crippen LogP contribution in [0.15, 0.2) is 83.8 Å². The Morgan fingerprint density at radius 3 is 2.56 bits per heavy atom. The van der Waals surface area contributed by atoms with E-state index in [2.05, 4.69) is 10.3 Å². The summed E-state index contributed by atoms with van der Waals surface area (Å²) in [6.07, 6.45) is 1.45. The maximum atomic E-state index is 12.8. The molecule has 0 saturated carbocycles. The number of hydrogen-bond donors (Lipinski definition) is 2. The minimum atomic E-state index is -0.462. The molecule has 0 radical (unpaired) electrons. The van der Waals surface area contributed by atoms with E-state index in [0.29, 0.717) is 21.6 Å². The van der Waals surface area contributed by atoms with E-state index >= 15 is 0 Å². The van der Waals surface area contributed by atoms with Crippen LogP contribution in [0.2, 0.25) is 5.02 Å². The van der Waals surface area contributed by atoms with Gasteiger partial charge in [0.2, 0.25) is 5.43 Å². The summed E-state index contributed by atoms with van der Waals surface area (Å²) in [5.74, 6) is -0.462. The highest BCUT2D eigenvalue weighted by Crippen LogP contribution is 2.29. The number of carbonyl (C=O) groups is 1.